The molecule has 120 valence electrons. The van der Waals surface area contributed by atoms with E-state index in [9.17, 15) is 13.2 Å². The van der Waals surface area contributed by atoms with Crippen molar-refractivity contribution in [2.75, 3.05) is 20.7 Å². The fourth-order valence-corrected chi connectivity index (χ4v) is 3.34. The Labute approximate surface area is 135 Å². The maximum Gasteiger partial charge on any atom is 0.339 e. The second kappa shape index (κ2) is 7.95. The van der Waals surface area contributed by atoms with Gasteiger partial charge < -0.3 is 10.5 Å². The molecule has 6 nitrogen and oxygen atoms in total. The molecule has 0 heterocycles. The van der Waals surface area contributed by atoms with Crippen molar-refractivity contribution in [2.45, 2.75) is 17.9 Å². The highest BCUT2D eigenvalue weighted by atomic mass is 35.5. The third-order valence-corrected chi connectivity index (χ3v) is 5.21. The van der Waals surface area contributed by atoms with Gasteiger partial charge in [-0.1, -0.05) is 11.6 Å². The lowest BCUT2D eigenvalue weighted by atomic mass is 10.2. The molecular formula is C12H18Cl2N2O4S. The van der Waals surface area contributed by atoms with Crippen molar-refractivity contribution in [1.29, 1.82) is 0 Å². The minimum atomic E-state index is -3.89. The number of halogens is 2. The molecule has 1 aromatic carbocycles. The molecular weight excluding hydrogens is 339 g/mol. The first-order chi connectivity index (χ1) is 9.25. The number of esters is 1. The molecule has 2 N–H and O–H groups in total. The molecule has 1 atom stereocenters. The Morgan fingerprint density at radius 1 is 1.48 bits per heavy atom. The molecule has 0 saturated heterocycles. The maximum absolute atomic E-state index is 12.5. The van der Waals surface area contributed by atoms with Gasteiger partial charge in [-0.15, -0.1) is 12.4 Å². The standard InChI is InChI=1S/C12H17ClN2O4S.ClH/c1-8(7-14)15(2)20(17,18)11-6-9(13)4-5-10(11)12(16)19-3;/h4-6,8H,7,14H2,1-3H3;1H. The van der Waals surface area contributed by atoms with E-state index in [1.807, 2.05) is 0 Å². The lowest BCUT2D eigenvalue weighted by Crippen LogP contribution is -2.40. The van der Waals surface area contributed by atoms with Crippen LogP contribution >= 0.6 is 24.0 Å². The van der Waals surface area contributed by atoms with Crippen LogP contribution in [0.2, 0.25) is 5.02 Å². The van der Waals surface area contributed by atoms with E-state index in [-0.39, 0.29) is 34.4 Å². The highest BCUT2D eigenvalue weighted by molar-refractivity contribution is 7.89. The highest BCUT2D eigenvalue weighted by Crippen LogP contribution is 2.25. The number of ether oxygens (including phenoxy) is 1. The molecule has 0 spiro atoms. The molecule has 0 saturated carbocycles. The Bertz CT molecular complexity index is 607. The topological polar surface area (TPSA) is 89.7 Å². The summed E-state index contributed by atoms with van der Waals surface area (Å²) in [4.78, 5) is 11.5. The molecule has 0 aliphatic rings. The summed E-state index contributed by atoms with van der Waals surface area (Å²) in [6, 6.07) is 3.56. The minimum absolute atomic E-state index is 0. The van der Waals surface area contributed by atoms with Gasteiger partial charge in [0.05, 0.1) is 17.6 Å². The Morgan fingerprint density at radius 3 is 2.52 bits per heavy atom. The number of rotatable bonds is 5. The van der Waals surface area contributed by atoms with Crippen molar-refractivity contribution in [1.82, 2.24) is 4.31 Å². The smallest absolute Gasteiger partial charge is 0.339 e. The molecule has 0 radical (unpaired) electrons. The predicted octanol–water partition coefficient (Wildman–Crippen LogP) is 1.52. The number of sulfonamides is 1. The first-order valence-electron chi connectivity index (χ1n) is 5.81. The van der Waals surface area contributed by atoms with E-state index in [0.29, 0.717) is 0 Å². The van der Waals surface area contributed by atoms with Crippen LogP contribution < -0.4 is 5.73 Å². The molecule has 0 amide bonds. The van der Waals surface area contributed by atoms with Crippen LogP contribution in [0.1, 0.15) is 17.3 Å². The van der Waals surface area contributed by atoms with Crippen molar-refractivity contribution >= 4 is 40.0 Å². The zero-order valence-corrected chi connectivity index (χ0v) is 14.3. The number of hydrogen-bond acceptors (Lipinski definition) is 5. The van der Waals surface area contributed by atoms with E-state index >= 15 is 0 Å². The fourth-order valence-electron chi connectivity index (χ4n) is 1.53. The van der Waals surface area contributed by atoms with Crippen LogP contribution in [0.15, 0.2) is 23.1 Å². The second-order valence-electron chi connectivity index (χ2n) is 4.24. The van der Waals surface area contributed by atoms with Crippen LogP contribution in [0.5, 0.6) is 0 Å². The molecule has 9 heteroatoms. The van der Waals surface area contributed by atoms with Gasteiger partial charge in [0.1, 0.15) is 0 Å². The van der Waals surface area contributed by atoms with Gasteiger partial charge >= 0.3 is 5.97 Å². The van der Waals surface area contributed by atoms with Gasteiger partial charge in [0.2, 0.25) is 10.0 Å². The lowest BCUT2D eigenvalue weighted by Gasteiger charge is -2.24. The van der Waals surface area contributed by atoms with Crippen molar-refractivity contribution in [3.05, 3.63) is 28.8 Å². The van der Waals surface area contributed by atoms with Crippen LogP contribution in [0.25, 0.3) is 0 Å². The number of carbonyl (C=O) groups excluding carboxylic acids is 1. The minimum Gasteiger partial charge on any atom is -0.465 e. The van der Waals surface area contributed by atoms with Crippen molar-refractivity contribution in [3.63, 3.8) is 0 Å². The second-order valence-corrected chi connectivity index (χ2v) is 6.64. The SMILES string of the molecule is COC(=O)c1ccc(Cl)cc1S(=O)(=O)N(C)C(C)CN.Cl. The highest BCUT2D eigenvalue weighted by Gasteiger charge is 2.29. The molecule has 0 aliphatic heterocycles. The molecule has 0 fully saturated rings. The Balaban J connectivity index is 0.00000400. The van der Waals surface area contributed by atoms with Gasteiger partial charge in [0.15, 0.2) is 0 Å². The van der Waals surface area contributed by atoms with Crippen LogP contribution in [-0.2, 0) is 14.8 Å². The number of benzene rings is 1. The zero-order valence-electron chi connectivity index (χ0n) is 11.9. The number of carbonyl (C=O) groups is 1. The average Bonchev–Trinajstić information content (AvgIpc) is 2.44. The lowest BCUT2D eigenvalue weighted by molar-refractivity contribution is 0.0596. The number of methoxy groups -OCH3 is 1. The maximum atomic E-state index is 12.5. The molecule has 1 aromatic rings. The summed E-state index contributed by atoms with van der Waals surface area (Å²) in [5.41, 5.74) is 5.42. The van der Waals surface area contributed by atoms with Gasteiger partial charge in [-0.3, -0.25) is 0 Å². The van der Waals surface area contributed by atoms with E-state index in [4.69, 9.17) is 17.3 Å². The number of nitrogens with two attached hydrogens (primary N) is 1. The van der Waals surface area contributed by atoms with E-state index in [1.165, 1.54) is 32.4 Å². The largest absolute Gasteiger partial charge is 0.465 e. The number of likely N-dealkylation sites (N-methyl/N-ethyl adjacent to an activating group) is 1. The van der Waals surface area contributed by atoms with Crippen molar-refractivity contribution in [3.8, 4) is 0 Å². The van der Waals surface area contributed by atoms with Crippen LogP contribution in [0.4, 0.5) is 0 Å². The number of nitrogens with zero attached hydrogens (tertiary/aromatic N) is 1. The third-order valence-electron chi connectivity index (χ3n) is 2.97. The summed E-state index contributed by atoms with van der Waals surface area (Å²) < 4.78 is 30.8. The van der Waals surface area contributed by atoms with E-state index in [2.05, 4.69) is 4.74 Å². The number of hydrogen-bond donors (Lipinski definition) is 1. The summed E-state index contributed by atoms with van der Waals surface area (Å²) >= 11 is 5.83. The monoisotopic (exact) mass is 356 g/mol. The van der Waals surface area contributed by atoms with E-state index in [0.717, 1.165) is 4.31 Å². The summed E-state index contributed by atoms with van der Waals surface area (Å²) in [6.07, 6.45) is 0. The van der Waals surface area contributed by atoms with Gasteiger partial charge in [0.25, 0.3) is 0 Å². The third kappa shape index (κ3) is 4.31. The fraction of sp³-hybridized carbons (Fsp3) is 0.417. The van der Waals surface area contributed by atoms with E-state index in [1.54, 1.807) is 6.92 Å². The average molecular weight is 357 g/mol. The molecule has 0 aromatic heterocycles. The first-order valence-corrected chi connectivity index (χ1v) is 7.63. The summed E-state index contributed by atoms with van der Waals surface area (Å²) in [5.74, 6) is -0.742. The summed E-state index contributed by atoms with van der Waals surface area (Å²) in [6.45, 7) is 1.82. The summed E-state index contributed by atoms with van der Waals surface area (Å²) in [7, 11) is -1.31. The van der Waals surface area contributed by atoms with Crippen molar-refractivity contribution in [2.24, 2.45) is 5.73 Å². The first kappa shape index (κ1) is 20.1. The molecule has 0 aliphatic carbocycles. The van der Waals surface area contributed by atoms with Crippen molar-refractivity contribution < 1.29 is 17.9 Å². The Morgan fingerprint density at radius 2 is 2.05 bits per heavy atom. The molecule has 21 heavy (non-hydrogen) atoms. The Hall–Kier alpha value is -0.860. The summed E-state index contributed by atoms with van der Waals surface area (Å²) in [5, 5.41) is 0.213. The van der Waals surface area contributed by atoms with Gasteiger partial charge in [0, 0.05) is 24.7 Å². The van der Waals surface area contributed by atoms with Gasteiger partial charge in [-0.25, -0.2) is 13.2 Å². The van der Waals surface area contributed by atoms with Gasteiger partial charge in [-0.2, -0.15) is 4.31 Å². The van der Waals surface area contributed by atoms with Crippen LogP contribution in [0.3, 0.4) is 0 Å². The van der Waals surface area contributed by atoms with Gasteiger partial charge in [-0.05, 0) is 25.1 Å². The molecule has 0 bridgehead atoms. The molecule has 1 unspecified atom stereocenters. The van der Waals surface area contributed by atoms with Crippen LogP contribution in [-0.4, -0.2) is 45.4 Å². The quantitative estimate of drug-likeness (QED) is 0.807. The predicted molar refractivity (Wildman–Crippen MR) is 83.5 cm³/mol. The zero-order chi connectivity index (χ0) is 15.5. The normalized spacial score (nSPS) is 12.7. The molecule has 1 rings (SSSR count). The van der Waals surface area contributed by atoms with E-state index < -0.39 is 22.0 Å². The van der Waals surface area contributed by atoms with Crippen LogP contribution in [0, 0.1) is 0 Å². The Kier molecular flexibility index (Phi) is 7.63.